The van der Waals surface area contributed by atoms with Crippen LogP contribution in [0.4, 0.5) is 0 Å². The van der Waals surface area contributed by atoms with E-state index >= 15 is 0 Å². The minimum Gasteiger partial charge on any atom is -0.466 e. The molecule has 0 aliphatic carbocycles. The van der Waals surface area contributed by atoms with Crippen molar-refractivity contribution in [3.05, 3.63) is 24.2 Å². The first kappa shape index (κ1) is 12.7. The molecule has 7 heteroatoms. The van der Waals surface area contributed by atoms with Crippen molar-refractivity contribution < 1.29 is 17.9 Å². The topological polar surface area (TPSA) is 79.5 Å². The third-order valence-electron chi connectivity index (χ3n) is 1.83. The highest BCUT2D eigenvalue weighted by Crippen LogP contribution is 2.20. The number of furan rings is 1. The summed E-state index contributed by atoms with van der Waals surface area (Å²) in [6.45, 7) is 1.34. The van der Waals surface area contributed by atoms with Crippen LogP contribution in [0.15, 0.2) is 22.8 Å². The molecule has 1 heterocycles. The monoisotopic (exact) mass is 297 g/mol. The number of hydrogen-bond donors (Lipinski definition) is 2. The van der Waals surface area contributed by atoms with Crippen LogP contribution in [0.2, 0.25) is 0 Å². The Labute approximate surface area is 96.7 Å². The predicted molar refractivity (Wildman–Crippen MR) is 59.0 cm³/mol. The summed E-state index contributed by atoms with van der Waals surface area (Å²) in [5, 5.41) is 9.90. The Morgan fingerprint density at radius 2 is 2.33 bits per heavy atom. The normalized spacial score (nSPS) is 16.2. The first-order valence-electron chi connectivity index (χ1n) is 4.17. The Morgan fingerprint density at radius 1 is 1.67 bits per heavy atom. The minimum atomic E-state index is -3.38. The Balaban J connectivity index is 2.66. The third-order valence-corrected chi connectivity index (χ3v) is 4.51. The molecule has 5 nitrogen and oxygen atoms in total. The molecule has 1 aromatic heterocycles. The van der Waals surface area contributed by atoms with Gasteiger partial charge in [0.15, 0.2) is 0 Å². The summed E-state index contributed by atoms with van der Waals surface area (Å²) in [4.78, 5) is 0. The molecule has 2 N–H and O–H groups in total. The van der Waals surface area contributed by atoms with Crippen LogP contribution in [0.3, 0.4) is 0 Å². The summed E-state index contributed by atoms with van der Waals surface area (Å²) in [5.41, 5.74) is -1.35. The van der Waals surface area contributed by atoms with E-state index in [1.54, 1.807) is 12.1 Å². The Hall–Kier alpha value is -0.370. The van der Waals surface area contributed by atoms with Gasteiger partial charge in [0.05, 0.1) is 6.26 Å². The molecule has 0 amide bonds. The highest BCUT2D eigenvalue weighted by atomic mass is 79.9. The number of aliphatic hydroxyl groups is 1. The van der Waals surface area contributed by atoms with Crippen LogP contribution in [-0.2, 0) is 15.6 Å². The van der Waals surface area contributed by atoms with Gasteiger partial charge in [0.25, 0.3) is 0 Å². The van der Waals surface area contributed by atoms with Gasteiger partial charge in [-0.3, -0.25) is 0 Å². The smallest absolute Gasteiger partial charge is 0.221 e. The molecular weight excluding hydrogens is 286 g/mol. The van der Waals surface area contributed by atoms with E-state index in [-0.39, 0.29) is 11.2 Å². The standard InChI is InChI=1S/C8H12BrNO4S/c1-8(11,7-3-2-4-14-7)5-10-15(12,13)6-9/h2-4,10-11H,5-6H2,1H3. The van der Waals surface area contributed by atoms with Crippen LogP contribution in [0.5, 0.6) is 0 Å². The van der Waals surface area contributed by atoms with Crippen molar-refractivity contribution in [1.82, 2.24) is 4.72 Å². The minimum absolute atomic E-state index is 0.131. The Morgan fingerprint density at radius 3 is 2.80 bits per heavy atom. The van der Waals surface area contributed by atoms with Gasteiger partial charge in [-0.15, -0.1) is 0 Å². The molecule has 0 fully saturated rings. The average Bonchev–Trinajstić information content (AvgIpc) is 2.69. The zero-order valence-corrected chi connectivity index (χ0v) is 10.5. The SMILES string of the molecule is CC(O)(CNS(=O)(=O)CBr)c1ccco1. The van der Waals surface area contributed by atoms with Gasteiger partial charge in [-0.05, 0) is 19.1 Å². The zero-order chi connectivity index (χ0) is 11.5. The van der Waals surface area contributed by atoms with E-state index in [4.69, 9.17) is 4.42 Å². The van der Waals surface area contributed by atoms with Crippen LogP contribution in [0.1, 0.15) is 12.7 Å². The van der Waals surface area contributed by atoms with Crippen LogP contribution >= 0.6 is 15.9 Å². The molecule has 0 saturated carbocycles. The van der Waals surface area contributed by atoms with E-state index in [0.717, 1.165) is 0 Å². The number of alkyl halides is 1. The predicted octanol–water partition coefficient (Wildman–Crippen LogP) is 0.759. The van der Waals surface area contributed by atoms with Crippen LogP contribution in [0.25, 0.3) is 0 Å². The van der Waals surface area contributed by atoms with Gasteiger partial charge in [-0.1, -0.05) is 15.9 Å². The molecule has 0 aliphatic heterocycles. The summed E-state index contributed by atoms with van der Waals surface area (Å²) in [6, 6.07) is 3.21. The number of hydrogen-bond acceptors (Lipinski definition) is 4. The molecule has 0 saturated heterocycles. The molecule has 1 aromatic rings. The van der Waals surface area contributed by atoms with E-state index in [0.29, 0.717) is 5.76 Å². The van der Waals surface area contributed by atoms with Gasteiger partial charge < -0.3 is 9.52 Å². The summed E-state index contributed by atoms with van der Waals surface area (Å²) in [6.07, 6.45) is 1.42. The van der Waals surface area contributed by atoms with Gasteiger partial charge in [0.1, 0.15) is 16.0 Å². The van der Waals surface area contributed by atoms with Gasteiger partial charge in [0, 0.05) is 6.54 Å². The second-order valence-electron chi connectivity index (χ2n) is 3.30. The first-order valence-corrected chi connectivity index (χ1v) is 6.94. The van der Waals surface area contributed by atoms with E-state index in [1.807, 2.05) is 0 Å². The van der Waals surface area contributed by atoms with Crippen LogP contribution in [0, 0.1) is 0 Å². The Kier molecular flexibility index (Phi) is 3.93. The molecular formula is C8H12BrNO4S. The summed E-state index contributed by atoms with van der Waals surface area (Å²) >= 11 is 2.83. The van der Waals surface area contributed by atoms with Crippen molar-refractivity contribution in [2.45, 2.75) is 12.5 Å². The highest BCUT2D eigenvalue weighted by Gasteiger charge is 2.27. The molecule has 0 bridgehead atoms. The molecule has 0 spiro atoms. The second-order valence-corrected chi connectivity index (χ2v) is 6.41. The summed E-state index contributed by atoms with van der Waals surface area (Å²) in [7, 11) is -3.38. The van der Waals surface area contributed by atoms with Gasteiger partial charge in [-0.25, -0.2) is 13.1 Å². The fourth-order valence-corrected chi connectivity index (χ4v) is 2.02. The summed E-state index contributed by atoms with van der Waals surface area (Å²) < 4.78 is 29.3. The lowest BCUT2D eigenvalue weighted by molar-refractivity contribution is 0.0396. The van der Waals surface area contributed by atoms with Gasteiger partial charge in [-0.2, -0.15) is 0 Å². The van der Waals surface area contributed by atoms with Crippen LogP contribution < -0.4 is 4.72 Å². The lowest BCUT2D eigenvalue weighted by atomic mass is 10.1. The van der Waals surface area contributed by atoms with Gasteiger partial charge in [0.2, 0.25) is 10.0 Å². The highest BCUT2D eigenvalue weighted by molar-refractivity contribution is 9.10. The van der Waals surface area contributed by atoms with Crippen molar-refractivity contribution in [2.24, 2.45) is 0 Å². The van der Waals surface area contributed by atoms with E-state index in [2.05, 4.69) is 20.7 Å². The Bertz CT molecular complexity index is 398. The lowest BCUT2D eigenvalue weighted by Crippen LogP contribution is -2.38. The zero-order valence-electron chi connectivity index (χ0n) is 8.10. The van der Waals surface area contributed by atoms with Crippen molar-refractivity contribution in [2.75, 3.05) is 11.2 Å². The molecule has 0 radical (unpaired) electrons. The number of rotatable bonds is 5. The molecule has 0 aliphatic rings. The summed E-state index contributed by atoms with van der Waals surface area (Å²) in [5.74, 6) is 0.319. The molecule has 86 valence electrons. The van der Waals surface area contributed by atoms with Crippen LogP contribution in [-0.4, -0.2) is 24.7 Å². The fraction of sp³-hybridized carbons (Fsp3) is 0.500. The quantitative estimate of drug-likeness (QED) is 0.787. The third kappa shape index (κ3) is 3.60. The lowest BCUT2D eigenvalue weighted by Gasteiger charge is -2.20. The van der Waals surface area contributed by atoms with Crippen molar-refractivity contribution in [3.63, 3.8) is 0 Å². The van der Waals surface area contributed by atoms with Crippen molar-refractivity contribution in [3.8, 4) is 0 Å². The first-order chi connectivity index (χ1) is 6.87. The maximum Gasteiger partial charge on any atom is 0.221 e. The molecule has 1 rings (SSSR count). The molecule has 1 unspecified atom stereocenters. The molecule has 0 aromatic carbocycles. The number of halogens is 1. The van der Waals surface area contributed by atoms with E-state index in [1.165, 1.54) is 13.2 Å². The largest absolute Gasteiger partial charge is 0.466 e. The number of sulfonamides is 1. The molecule has 1 atom stereocenters. The van der Waals surface area contributed by atoms with Crippen molar-refractivity contribution in [1.29, 1.82) is 0 Å². The number of nitrogens with one attached hydrogen (secondary N) is 1. The maximum absolute atomic E-state index is 11.1. The van der Waals surface area contributed by atoms with Crippen molar-refractivity contribution >= 4 is 26.0 Å². The second kappa shape index (κ2) is 4.65. The molecule has 15 heavy (non-hydrogen) atoms. The van der Waals surface area contributed by atoms with E-state index < -0.39 is 15.6 Å². The average molecular weight is 298 g/mol. The maximum atomic E-state index is 11.1. The fourth-order valence-electron chi connectivity index (χ4n) is 0.961. The van der Waals surface area contributed by atoms with E-state index in [9.17, 15) is 13.5 Å². The van der Waals surface area contributed by atoms with Gasteiger partial charge >= 0.3 is 0 Å².